The topological polar surface area (TPSA) is 61.2 Å². The van der Waals surface area contributed by atoms with Crippen LogP contribution in [0, 0.1) is 16.7 Å². The lowest BCUT2D eigenvalue weighted by atomic mass is 9.76. The van der Waals surface area contributed by atoms with Gasteiger partial charge in [0, 0.05) is 13.1 Å². The predicted molar refractivity (Wildman–Crippen MR) is 80.0 cm³/mol. The van der Waals surface area contributed by atoms with Crippen molar-refractivity contribution in [3.05, 3.63) is 17.0 Å². The minimum atomic E-state index is -3.46. The average molecular weight is 312 g/mol. The van der Waals surface area contributed by atoms with E-state index < -0.39 is 10.0 Å². The standard InChI is InChI=1S/C14H20N2O2S2/c1-14(2)8-6-11(7-9-14)16(3)20(17,18)13-5-4-12(10-15)19-13/h4-5,11H,6-9H2,1-3H3. The van der Waals surface area contributed by atoms with Gasteiger partial charge in [0.25, 0.3) is 10.0 Å². The Labute approximate surface area is 125 Å². The van der Waals surface area contributed by atoms with Gasteiger partial charge in [-0.25, -0.2) is 8.42 Å². The Hall–Kier alpha value is -0.900. The van der Waals surface area contributed by atoms with E-state index in [-0.39, 0.29) is 10.3 Å². The molecule has 0 unspecified atom stereocenters. The van der Waals surface area contributed by atoms with Gasteiger partial charge in [-0.05, 0) is 43.2 Å². The predicted octanol–water partition coefficient (Wildman–Crippen LogP) is 3.21. The maximum atomic E-state index is 12.5. The summed E-state index contributed by atoms with van der Waals surface area (Å²) in [7, 11) is -1.81. The summed E-state index contributed by atoms with van der Waals surface area (Å²) in [6.45, 7) is 4.46. The second-order valence-electron chi connectivity index (χ2n) is 6.15. The monoisotopic (exact) mass is 312 g/mol. The molecule has 2 rings (SSSR count). The van der Waals surface area contributed by atoms with Crippen LogP contribution in [0.1, 0.15) is 44.4 Å². The minimum absolute atomic E-state index is 0.0701. The minimum Gasteiger partial charge on any atom is -0.206 e. The highest BCUT2D eigenvalue weighted by Crippen LogP contribution is 2.38. The Morgan fingerprint density at radius 1 is 1.35 bits per heavy atom. The normalized spacial score (nSPS) is 19.9. The van der Waals surface area contributed by atoms with Crippen LogP contribution in [0.3, 0.4) is 0 Å². The fourth-order valence-corrected chi connectivity index (χ4v) is 5.31. The maximum absolute atomic E-state index is 12.5. The summed E-state index contributed by atoms with van der Waals surface area (Å²) in [5, 5.41) is 8.81. The molecule has 6 heteroatoms. The van der Waals surface area contributed by atoms with Crippen LogP contribution >= 0.6 is 11.3 Å². The summed E-state index contributed by atoms with van der Waals surface area (Å²) in [6, 6.07) is 5.15. The Kier molecular flexibility index (Phi) is 4.24. The van der Waals surface area contributed by atoms with Crippen molar-refractivity contribution >= 4 is 21.4 Å². The molecule has 1 aliphatic rings. The van der Waals surface area contributed by atoms with Gasteiger partial charge in [-0.2, -0.15) is 9.57 Å². The molecule has 4 nitrogen and oxygen atoms in total. The zero-order valence-corrected chi connectivity index (χ0v) is 13.7. The van der Waals surface area contributed by atoms with E-state index in [1.54, 1.807) is 13.1 Å². The lowest BCUT2D eigenvalue weighted by Crippen LogP contribution is -2.40. The first-order valence-electron chi connectivity index (χ1n) is 6.74. The summed E-state index contributed by atoms with van der Waals surface area (Å²) < 4.78 is 26.9. The van der Waals surface area contributed by atoms with Crippen LogP contribution in [0.4, 0.5) is 0 Å². The summed E-state index contributed by atoms with van der Waals surface area (Å²) in [5.74, 6) is 0. The molecule has 0 bridgehead atoms. The molecule has 110 valence electrons. The molecule has 0 amide bonds. The van der Waals surface area contributed by atoms with Crippen molar-refractivity contribution in [2.45, 2.75) is 49.8 Å². The van der Waals surface area contributed by atoms with E-state index in [9.17, 15) is 8.42 Å². The third-order valence-corrected chi connectivity index (χ3v) is 7.52. The van der Waals surface area contributed by atoms with Crippen molar-refractivity contribution in [1.82, 2.24) is 4.31 Å². The second kappa shape index (κ2) is 5.47. The van der Waals surface area contributed by atoms with Crippen LogP contribution in [0.15, 0.2) is 16.3 Å². The van der Waals surface area contributed by atoms with Gasteiger partial charge in [0.2, 0.25) is 0 Å². The summed E-state index contributed by atoms with van der Waals surface area (Å²) >= 11 is 1.04. The lowest BCUT2D eigenvalue weighted by molar-refractivity contribution is 0.174. The molecule has 0 atom stereocenters. The van der Waals surface area contributed by atoms with Gasteiger partial charge in [-0.1, -0.05) is 13.8 Å². The number of nitriles is 1. The highest BCUT2D eigenvalue weighted by atomic mass is 32.2. The van der Waals surface area contributed by atoms with Gasteiger partial charge < -0.3 is 0 Å². The Morgan fingerprint density at radius 2 is 1.95 bits per heavy atom. The van der Waals surface area contributed by atoms with Crippen molar-refractivity contribution in [2.75, 3.05) is 7.05 Å². The Bertz CT molecular complexity index is 616. The van der Waals surface area contributed by atoms with E-state index >= 15 is 0 Å². The molecule has 1 aromatic rings. The van der Waals surface area contributed by atoms with Gasteiger partial charge in [-0.15, -0.1) is 11.3 Å². The zero-order chi connectivity index (χ0) is 15.0. The first-order chi connectivity index (χ1) is 9.26. The molecular weight excluding hydrogens is 292 g/mol. The fraction of sp³-hybridized carbons (Fsp3) is 0.643. The molecule has 0 spiro atoms. The van der Waals surface area contributed by atoms with Crippen molar-refractivity contribution in [3.63, 3.8) is 0 Å². The third-order valence-electron chi connectivity index (χ3n) is 4.15. The zero-order valence-electron chi connectivity index (χ0n) is 12.1. The highest BCUT2D eigenvalue weighted by molar-refractivity contribution is 7.91. The molecule has 0 aliphatic heterocycles. The van der Waals surface area contributed by atoms with Gasteiger partial charge in [0.05, 0.1) is 0 Å². The molecular formula is C14H20N2O2S2. The van der Waals surface area contributed by atoms with Gasteiger partial charge >= 0.3 is 0 Å². The van der Waals surface area contributed by atoms with E-state index in [2.05, 4.69) is 13.8 Å². The molecule has 1 heterocycles. The summed E-state index contributed by atoms with van der Waals surface area (Å²) in [6.07, 6.45) is 3.90. The number of hydrogen-bond donors (Lipinski definition) is 0. The van der Waals surface area contributed by atoms with Crippen LogP contribution in [-0.4, -0.2) is 25.8 Å². The lowest BCUT2D eigenvalue weighted by Gasteiger charge is -2.37. The van der Waals surface area contributed by atoms with Gasteiger partial charge in [0.15, 0.2) is 0 Å². The molecule has 1 aliphatic carbocycles. The van der Waals surface area contributed by atoms with Crippen LogP contribution in [0.25, 0.3) is 0 Å². The van der Waals surface area contributed by atoms with E-state index in [0.29, 0.717) is 10.3 Å². The third kappa shape index (κ3) is 3.05. The van der Waals surface area contributed by atoms with E-state index in [4.69, 9.17) is 5.26 Å². The summed E-state index contributed by atoms with van der Waals surface area (Å²) in [4.78, 5) is 0.432. The molecule has 0 radical (unpaired) electrons. The van der Waals surface area contributed by atoms with E-state index in [0.717, 1.165) is 37.0 Å². The van der Waals surface area contributed by atoms with E-state index in [1.165, 1.54) is 10.4 Å². The maximum Gasteiger partial charge on any atom is 0.252 e. The molecule has 1 saturated carbocycles. The first kappa shape index (κ1) is 15.5. The fourth-order valence-electron chi connectivity index (χ4n) is 2.60. The molecule has 0 aromatic carbocycles. The van der Waals surface area contributed by atoms with Crippen molar-refractivity contribution in [2.24, 2.45) is 5.41 Å². The SMILES string of the molecule is CN(C1CCC(C)(C)CC1)S(=O)(=O)c1ccc(C#N)s1. The number of thiophene rings is 1. The molecule has 20 heavy (non-hydrogen) atoms. The summed E-state index contributed by atoms with van der Waals surface area (Å²) in [5.41, 5.74) is 0.317. The van der Waals surface area contributed by atoms with Gasteiger partial charge in [-0.3, -0.25) is 0 Å². The largest absolute Gasteiger partial charge is 0.252 e. The van der Waals surface area contributed by atoms with Crippen LogP contribution < -0.4 is 0 Å². The Balaban J connectivity index is 2.16. The van der Waals surface area contributed by atoms with Crippen molar-refractivity contribution in [1.29, 1.82) is 5.26 Å². The average Bonchev–Trinajstić information content (AvgIpc) is 2.87. The smallest absolute Gasteiger partial charge is 0.206 e. The first-order valence-corrected chi connectivity index (χ1v) is 9.00. The Morgan fingerprint density at radius 3 is 2.45 bits per heavy atom. The number of hydrogen-bond acceptors (Lipinski definition) is 4. The van der Waals surface area contributed by atoms with Crippen molar-refractivity contribution < 1.29 is 8.42 Å². The van der Waals surface area contributed by atoms with Crippen LogP contribution in [-0.2, 0) is 10.0 Å². The highest BCUT2D eigenvalue weighted by Gasteiger charge is 2.34. The molecule has 0 saturated heterocycles. The second-order valence-corrected chi connectivity index (χ2v) is 9.46. The number of sulfonamides is 1. The van der Waals surface area contributed by atoms with Crippen LogP contribution in [0.5, 0.6) is 0 Å². The quantitative estimate of drug-likeness (QED) is 0.861. The number of nitrogens with zero attached hydrogens (tertiary/aromatic N) is 2. The number of rotatable bonds is 3. The van der Waals surface area contributed by atoms with Crippen LogP contribution in [0.2, 0.25) is 0 Å². The molecule has 1 fully saturated rings. The molecule has 0 N–H and O–H groups in total. The van der Waals surface area contributed by atoms with Gasteiger partial charge in [0.1, 0.15) is 15.2 Å². The van der Waals surface area contributed by atoms with Crippen molar-refractivity contribution in [3.8, 4) is 6.07 Å². The molecule has 1 aromatic heterocycles. The van der Waals surface area contributed by atoms with E-state index in [1.807, 2.05) is 6.07 Å².